The lowest BCUT2D eigenvalue weighted by molar-refractivity contribution is -0.0367. The second-order valence-corrected chi connectivity index (χ2v) is 8.26. The van der Waals surface area contributed by atoms with Crippen LogP contribution in [0.25, 0.3) is 22.0 Å². The molecule has 1 saturated carbocycles. The molecule has 2 unspecified atom stereocenters. The van der Waals surface area contributed by atoms with Gasteiger partial charge in [-0.1, -0.05) is 6.07 Å². The minimum absolute atomic E-state index is 0.126. The average molecular weight is 406 g/mol. The van der Waals surface area contributed by atoms with E-state index in [-0.39, 0.29) is 6.23 Å². The molecule has 3 heterocycles. The topological polar surface area (TPSA) is 89.3 Å². The van der Waals surface area contributed by atoms with Crippen molar-refractivity contribution in [1.29, 1.82) is 0 Å². The molecule has 2 atom stereocenters. The summed E-state index contributed by atoms with van der Waals surface area (Å²) < 4.78 is 7.71. The quantitative estimate of drug-likeness (QED) is 0.460. The molecule has 7 nitrogen and oxygen atoms in total. The number of ether oxygens (including phenoxy) is 1. The zero-order valence-corrected chi connectivity index (χ0v) is 16.8. The summed E-state index contributed by atoms with van der Waals surface area (Å²) in [6, 6.07) is 7.89. The molecule has 0 spiro atoms. The molecule has 1 aliphatic carbocycles. The Morgan fingerprint density at radius 1 is 1.20 bits per heavy atom. The van der Waals surface area contributed by atoms with Crippen LogP contribution in [0.1, 0.15) is 60.6 Å². The van der Waals surface area contributed by atoms with E-state index in [2.05, 4.69) is 15.4 Å². The zero-order valence-electron chi connectivity index (χ0n) is 16.8. The maximum absolute atomic E-state index is 11.7. The van der Waals surface area contributed by atoms with Crippen molar-refractivity contribution in [3.8, 4) is 11.1 Å². The summed E-state index contributed by atoms with van der Waals surface area (Å²) in [4.78, 5) is 16.0. The zero-order chi connectivity index (χ0) is 20.5. The molecule has 0 bridgehead atoms. The Hall–Kier alpha value is -2.61. The monoisotopic (exact) mass is 406 g/mol. The lowest BCUT2D eigenvalue weighted by atomic mass is 10.0. The van der Waals surface area contributed by atoms with E-state index in [1.165, 1.54) is 12.8 Å². The van der Waals surface area contributed by atoms with Gasteiger partial charge in [0.15, 0.2) is 12.5 Å². The fourth-order valence-electron chi connectivity index (χ4n) is 4.05. The first-order valence-corrected chi connectivity index (χ1v) is 10.7. The van der Waals surface area contributed by atoms with Crippen LogP contribution < -0.4 is 5.32 Å². The van der Waals surface area contributed by atoms with Crippen LogP contribution in [0.2, 0.25) is 0 Å². The molecular weight excluding hydrogens is 380 g/mol. The van der Waals surface area contributed by atoms with Gasteiger partial charge in [0.05, 0.1) is 5.52 Å². The molecule has 0 amide bonds. The lowest BCUT2D eigenvalue weighted by Crippen LogP contribution is -2.23. The Morgan fingerprint density at radius 2 is 2.10 bits per heavy atom. The highest BCUT2D eigenvalue weighted by molar-refractivity contribution is 5.97. The number of hydrogen-bond acceptors (Lipinski definition) is 6. The second kappa shape index (κ2) is 8.26. The lowest BCUT2D eigenvalue weighted by Gasteiger charge is -2.23. The predicted octanol–water partition coefficient (Wildman–Crippen LogP) is 3.60. The molecule has 0 radical (unpaired) electrons. The van der Waals surface area contributed by atoms with Gasteiger partial charge in [0, 0.05) is 42.1 Å². The standard InChI is InChI=1S/C23H26N4O3/c28-14-20-19-10-16(6-7-21(19)27(26-20)22-3-1-2-8-30-22)17-9-18(13-24-12-17)23(29)25-11-15-4-5-15/h6-7,9-10,12-15,22-23,25,29H,1-5,8,11H2. The number of aldehydes is 1. The predicted molar refractivity (Wildman–Crippen MR) is 113 cm³/mol. The normalized spacial score (nSPS) is 20.4. The smallest absolute Gasteiger partial charge is 0.170 e. The van der Waals surface area contributed by atoms with Gasteiger partial charge in [0.2, 0.25) is 0 Å². The number of pyridine rings is 1. The Labute approximate surface area is 175 Å². The van der Waals surface area contributed by atoms with E-state index < -0.39 is 6.23 Å². The van der Waals surface area contributed by atoms with Crippen molar-refractivity contribution in [2.75, 3.05) is 13.2 Å². The highest BCUT2D eigenvalue weighted by Crippen LogP contribution is 2.32. The molecule has 2 aromatic heterocycles. The number of aromatic nitrogens is 3. The van der Waals surface area contributed by atoms with E-state index in [0.717, 1.165) is 66.3 Å². The van der Waals surface area contributed by atoms with Gasteiger partial charge in [0.1, 0.15) is 11.9 Å². The number of nitrogens with one attached hydrogen (secondary N) is 1. The number of rotatable bonds is 7. The highest BCUT2D eigenvalue weighted by atomic mass is 16.5. The van der Waals surface area contributed by atoms with Crippen molar-refractivity contribution in [2.24, 2.45) is 5.92 Å². The van der Waals surface area contributed by atoms with Crippen LogP contribution in [0.15, 0.2) is 36.7 Å². The molecule has 2 N–H and O–H groups in total. The maximum Gasteiger partial charge on any atom is 0.170 e. The molecule has 156 valence electrons. The first-order chi connectivity index (χ1) is 14.7. The van der Waals surface area contributed by atoms with E-state index in [1.54, 1.807) is 12.4 Å². The fourth-order valence-corrected chi connectivity index (χ4v) is 4.05. The van der Waals surface area contributed by atoms with Gasteiger partial charge in [-0.3, -0.25) is 15.1 Å². The number of fused-ring (bicyclic) bond motifs is 1. The third kappa shape index (κ3) is 3.88. The van der Waals surface area contributed by atoms with Crippen molar-refractivity contribution in [3.05, 3.63) is 47.9 Å². The molecule has 1 aromatic carbocycles. The van der Waals surface area contributed by atoms with Crippen LogP contribution in [0.5, 0.6) is 0 Å². The van der Waals surface area contributed by atoms with Crippen molar-refractivity contribution < 1.29 is 14.6 Å². The van der Waals surface area contributed by atoms with Gasteiger partial charge in [-0.15, -0.1) is 0 Å². The van der Waals surface area contributed by atoms with Crippen molar-refractivity contribution in [3.63, 3.8) is 0 Å². The highest BCUT2D eigenvalue weighted by Gasteiger charge is 2.23. The summed E-state index contributed by atoms with van der Waals surface area (Å²) in [5.41, 5.74) is 3.85. The van der Waals surface area contributed by atoms with Crippen LogP contribution >= 0.6 is 0 Å². The Balaban J connectivity index is 1.46. The summed E-state index contributed by atoms with van der Waals surface area (Å²) in [6.07, 6.45) is 8.90. The maximum atomic E-state index is 11.7. The van der Waals surface area contributed by atoms with E-state index in [1.807, 2.05) is 28.9 Å². The van der Waals surface area contributed by atoms with Gasteiger partial charge in [-0.05, 0) is 61.8 Å². The van der Waals surface area contributed by atoms with Crippen LogP contribution in [0, 0.1) is 5.92 Å². The van der Waals surface area contributed by atoms with Gasteiger partial charge in [-0.25, -0.2) is 4.68 Å². The number of aliphatic hydroxyl groups is 1. The number of carbonyl (C=O) groups is 1. The Kier molecular flexibility index (Phi) is 5.33. The molecule has 30 heavy (non-hydrogen) atoms. The molecule has 5 rings (SSSR count). The summed E-state index contributed by atoms with van der Waals surface area (Å²) in [6.45, 7) is 1.54. The minimum Gasteiger partial charge on any atom is -0.374 e. The SMILES string of the molecule is O=Cc1nn(C2CCCCO2)c2ccc(-c3cncc(C(O)NCC4CC4)c3)cc12. The summed E-state index contributed by atoms with van der Waals surface area (Å²) in [5, 5.41) is 18.9. The fraction of sp³-hybridized carbons (Fsp3) is 0.435. The van der Waals surface area contributed by atoms with E-state index in [9.17, 15) is 9.90 Å². The van der Waals surface area contributed by atoms with Crippen LogP contribution in [0.3, 0.4) is 0 Å². The van der Waals surface area contributed by atoms with Gasteiger partial charge in [-0.2, -0.15) is 5.10 Å². The molecule has 2 aliphatic rings. The third-order valence-electron chi connectivity index (χ3n) is 5.98. The summed E-state index contributed by atoms with van der Waals surface area (Å²) in [5.74, 6) is 0.685. The van der Waals surface area contributed by atoms with Crippen LogP contribution in [0.4, 0.5) is 0 Å². The molecule has 1 saturated heterocycles. The molecular formula is C23H26N4O3. The summed E-state index contributed by atoms with van der Waals surface area (Å²) >= 11 is 0. The van der Waals surface area contributed by atoms with E-state index in [4.69, 9.17) is 4.74 Å². The number of hydrogen-bond donors (Lipinski definition) is 2. The summed E-state index contributed by atoms with van der Waals surface area (Å²) in [7, 11) is 0. The van der Waals surface area contributed by atoms with Gasteiger partial charge < -0.3 is 9.84 Å². The second-order valence-electron chi connectivity index (χ2n) is 8.26. The molecule has 3 aromatic rings. The van der Waals surface area contributed by atoms with Crippen LogP contribution in [-0.2, 0) is 4.74 Å². The number of aliphatic hydroxyl groups excluding tert-OH is 1. The van der Waals surface area contributed by atoms with Crippen LogP contribution in [-0.4, -0.2) is 39.3 Å². The number of carbonyl (C=O) groups excluding carboxylic acids is 1. The van der Waals surface area contributed by atoms with Crippen molar-refractivity contribution >= 4 is 17.2 Å². The Bertz CT molecular complexity index is 1050. The largest absolute Gasteiger partial charge is 0.374 e. The number of benzene rings is 1. The Morgan fingerprint density at radius 3 is 2.87 bits per heavy atom. The first kappa shape index (κ1) is 19.4. The van der Waals surface area contributed by atoms with Crippen molar-refractivity contribution in [1.82, 2.24) is 20.1 Å². The van der Waals surface area contributed by atoms with E-state index in [0.29, 0.717) is 11.6 Å². The van der Waals surface area contributed by atoms with Gasteiger partial charge >= 0.3 is 0 Å². The molecule has 2 fully saturated rings. The van der Waals surface area contributed by atoms with Gasteiger partial charge in [0.25, 0.3) is 0 Å². The third-order valence-corrected chi connectivity index (χ3v) is 5.98. The number of nitrogens with zero attached hydrogens (tertiary/aromatic N) is 3. The molecule has 7 heteroatoms. The molecule has 1 aliphatic heterocycles. The first-order valence-electron chi connectivity index (χ1n) is 10.7. The van der Waals surface area contributed by atoms with Crippen molar-refractivity contribution in [2.45, 2.75) is 44.6 Å². The van der Waals surface area contributed by atoms with E-state index >= 15 is 0 Å². The minimum atomic E-state index is -0.737. The average Bonchev–Trinajstić information content (AvgIpc) is 3.56.